The van der Waals surface area contributed by atoms with Gasteiger partial charge in [0.2, 0.25) is 0 Å². The van der Waals surface area contributed by atoms with Gasteiger partial charge in [0.1, 0.15) is 5.54 Å². The van der Waals surface area contributed by atoms with Crippen molar-refractivity contribution in [1.82, 2.24) is 5.32 Å². The maximum absolute atomic E-state index is 12.3. The molecule has 4 heteroatoms. The minimum Gasteiger partial charge on any atom is -0.304 e. The van der Waals surface area contributed by atoms with E-state index in [0.29, 0.717) is 6.54 Å². The number of halogens is 3. The van der Waals surface area contributed by atoms with Crippen LogP contribution in [0.15, 0.2) is 0 Å². The molecule has 1 nitrogen and oxygen atoms in total. The molecule has 0 radical (unpaired) electrons. The van der Waals surface area contributed by atoms with Gasteiger partial charge in [0.15, 0.2) is 0 Å². The van der Waals surface area contributed by atoms with Crippen LogP contribution in [0, 0.1) is 0 Å². The number of hydrogen-bond donors (Lipinski definition) is 1. The van der Waals surface area contributed by atoms with Gasteiger partial charge in [-0.05, 0) is 25.8 Å². The summed E-state index contributed by atoms with van der Waals surface area (Å²) < 4.78 is 37.0. The third-order valence-electron chi connectivity index (χ3n) is 2.54. The molecule has 0 spiro atoms. The largest absolute Gasteiger partial charge is 0.406 e. The lowest BCUT2D eigenvalue weighted by Gasteiger charge is -2.20. The summed E-state index contributed by atoms with van der Waals surface area (Å²) in [5.74, 6) is 0. The van der Waals surface area contributed by atoms with Gasteiger partial charge in [-0.3, -0.25) is 0 Å². The molecular formula is C9H16F3N. The molecule has 0 amide bonds. The molecule has 0 aliphatic heterocycles. The Balaban J connectivity index is 2.21. The normalized spacial score (nSPS) is 20.3. The summed E-state index contributed by atoms with van der Waals surface area (Å²) in [7, 11) is 0. The third kappa shape index (κ3) is 2.59. The number of rotatable bonds is 5. The Morgan fingerprint density at radius 3 is 2.23 bits per heavy atom. The minimum absolute atomic E-state index is 0.253. The zero-order valence-electron chi connectivity index (χ0n) is 7.88. The van der Waals surface area contributed by atoms with Crippen LogP contribution in [0.25, 0.3) is 0 Å². The second-order valence-electron chi connectivity index (χ2n) is 3.71. The Labute approximate surface area is 76.7 Å². The van der Waals surface area contributed by atoms with Gasteiger partial charge in [0.25, 0.3) is 0 Å². The van der Waals surface area contributed by atoms with Crippen LogP contribution in [0.4, 0.5) is 13.2 Å². The van der Waals surface area contributed by atoms with E-state index in [1.54, 1.807) is 0 Å². The van der Waals surface area contributed by atoms with Crippen molar-refractivity contribution in [2.24, 2.45) is 0 Å². The molecule has 0 aromatic carbocycles. The molecule has 1 N–H and O–H groups in total. The van der Waals surface area contributed by atoms with Gasteiger partial charge in [-0.15, -0.1) is 0 Å². The van der Waals surface area contributed by atoms with Gasteiger partial charge >= 0.3 is 6.18 Å². The molecule has 0 aromatic rings. The Morgan fingerprint density at radius 1 is 1.23 bits per heavy atom. The highest BCUT2D eigenvalue weighted by atomic mass is 19.4. The van der Waals surface area contributed by atoms with Crippen LogP contribution in [0.5, 0.6) is 0 Å². The molecule has 13 heavy (non-hydrogen) atoms. The van der Waals surface area contributed by atoms with Crippen LogP contribution < -0.4 is 5.32 Å². The Kier molecular flexibility index (Phi) is 3.22. The molecule has 1 aliphatic carbocycles. The fourth-order valence-corrected chi connectivity index (χ4v) is 1.39. The predicted octanol–water partition coefficient (Wildman–Crippen LogP) is 2.86. The molecule has 1 saturated carbocycles. The maximum Gasteiger partial charge on any atom is 0.406 e. The molecule has 0 saturated heterocycles. The van der Waals surface area contributed by atoms with Crippen molar-refractivity contribution < 1.29 is 13.2 Å². The molecule has 1 aliphatic rings. The van der Waals surface area contributed by atoms with Gasteiger partial charge < -0.3 is 5.32 Å². The molecule has 0 bridgehead atoms. The van der Waals surface area contributed by atoms with Crippen molar-refractivity contribution >= 4 is 0 Å². The number of hydrogen-bond acceptors (Lipinski definition) is 1. The summed E-state index contributed by atoms with van der Waals surface area (Å²) in [6.45, 7) is 2.53. The van der Waals surface area contributed by atoms with Crippen LogP contribution in [0.3, 0.4) is 0 Å². The van der Waals surface area contributed by atoms with Crippen molar-refractivity contribution in [2.75, 3.05) is 6.54 Å². The molecule has 0 unspecified atom stereocenters. The fourth-order valence-electron chi connectivity index (χ4n) is 1.39. The van der Waals surface area contributed by atoms with Crippen LogP contribution in [0.1, 0.15) is 39.0 Å². The maximum atomic E-state index is 12.3. The summed E-state index contributed by atoms with van der Waals surface area (Å²) in [6.07, 6.45) is -0.666. The van der Waals surface area contributed by atoms with E-state index in [1.165, 1.54) is 0 Å². The third-order valence-corrected chi connectivity index (χ3v) is 2.54. The first-order chi connectivity index (χ1) is 6.02. The molecule has 0 aromatic heterocycles. The van der Waals surface area contributed by atoms with E-state index >= 15 is 0 Å². The van der Waals surface area contributed by atoms with E-state index in [2.05, 4.69) is 5.32 Å². The zero-order chi connectivity index (χ0) is 9.95. The number of nitrogens with one attached hydrogen (secondary N) is 1. The van der Waals surface area contributed by atoms with E-state index in [9.17, 15) is 13.2 Å². The summed E-state index contributed by atoms with van der Waals surface area (Å²) in [4.78, 5) is 0. The van der Waals surface area contributed by atoms with Gasteiger partial charge in [0.05, 0.1) is 0 Å². The van der Waals surface area contributed by atoms with Crippen LogP contribution in [0.2, 0.25) is 0 Å². The standard InChI is InChI=1S/C9H16F3N/c1-2-3-4-7-13-8(5-6-8)9(10,11)12/h13H,2-7H2,1H3. The van der Waals surface area contributed by atoms with Gasteiger partial charge in [-0.2, -0.15) is 13.2 Å². The summed E-state index contributed by atoms with van der Waals surface area (Å²) in [5.41, 5.74) is -1.51. The summed E-state index contributed by atoms with van der Waals surface area (Å²) in [6, 6.07) is 0. The monoisotopic (exact) mass is 195 g/mol. The lowest BCUT2D eigenvalue weighted by Crippen LogP contribution is -2.45. The van der Waals surface area contributed by atoms with E-state index < -0.39 is 11.7 Å². The molecular weight excluding hydrogens is 179 g/mol. The van der Waals surface area contributed by atoms with Crippen LogP contribution in [-0.2, 0) is 0 Å². The predicted molar refractivity (Wildman–Crippen MR) is 45.5 cm³/mol. The highest BCUT2D eigenvalue weighted by Crippen LogP contribution is 2.48. The Morgan fingerprint density at radius 2 is 1.85 bits per heavy atom. The first kappa shape index (κ1) is 10.8. The van der Waals surface area contributed by atoms with E-state index in [0.717, 1.165) is 19.3 Å². The highest BCUT2D eigenvalue weighted by molar-refractivity contribution is 5.07. The average Bonchev–Trinajstić information content (AvgIpc) is 2.77. The first-order valence-corrected chi connectivity index (χ1v) is 4.83. The van der Waals surface area contributed by atoms with Crippen molar-refractivity contribution in [2.45, 2.75) is 50.7 Å². The Bertz CT molecular complexity index is 161. The minimum atomic E-state index is -4.06. The lowest BCUT2D eigenvalue weighted by molar-refractivity contribution is -0.165. The van der Waals surface area contributed by atoms with Crippen molar-refractivity contribution in [3.8, 4) is 0 Å². The van der Waals surface area contributed by atoms with E-state index in [1.807, 2.05) is 6.92 Å². The molecule has 0 heterocycles. The molecule has 78 valence electrons. The second kappa shape index (κ2) is 3.86. The molecule has 1 rings (SSSR count). The van der Waals surface area contributed by atoms with Gasteiger partial charge in [0, 0.05) is 0 Å². The summed E-state index contributed by atoms with van der Waals surface area (Å²) >= 11 is 0. The van der Waals surface area contributed by atoms with Crippen molar-refractivity contribution in [3.63, 3.8) is 0 Å². The lowest BCUT2D eigenvalue weighted by atomic mass is 10.2. The van der Waals surface area contributed by atoms with E-state index in [4.69, 9.17) is 0 Å². The fraction of sp³-hybridized carbons (Fsp3) is 1.00. The smallest absolute Gasteiger partial charge is 0.304 e. The van der Waals surface area contributed by atoms with Gasteiger partial charge in [-0.25, -0.2) is 0 Å². The average molecular weight is 195 g/mol. The van der Waals surface area contributed by atoms with Crippen LogP contribution >= 0.6 is 0 Å². The molecule has 1 fully saturated rings. The highest BCUT2D eigenvalue weighted by Gasteiger charge is 2.62. The number of alkyl halides is 3. The van der Waals surface area contributed by atoms with Crippen molar-refractivity contribution in [1.29, 1.82) is 0 Å². The quantitative estimate of drug-likeness (QED) is 0.665. The zero-order valence-corrected chi connectivity index (χ0v) is 7.88. The first-order valence-electron chi connectivity index (χ1n) is 4.83. The van der Waals surface area contributed by atoms with Crippen LogP contribution in [-0.4, -0.2) is 18.3 Å². The topological polar surface area (TPSA) is 12.0 Å². The van der Waals surface area contributed by atoms with Gasteiger partial charge in [-0.1, -0.05) is 19.8 Å². The van der Waals surface area contributed by atoms with Crippen molar-refractivity contribution in [3.05, 3.63) is 0 Å². The number of unbranched alkanes of at least 4 members (excludes halogenated alkanes) is 2. The summed E-state index contributed by atoms with van der Waals surface area (Å²) in [5, 5.41) is 2.62. The molecule has 0 atom stereocenters. The second-order valence-corrected chi connectivity index (χ2v) is 3.71. The Hall–Kier alpha value is -0.250. The SMILES string of the molecule is CCCCCNC1(C(F)(F)F)CC1. The van der Waals surface area contributed by atoms with E-state index in [-0.39, 0.29) is 12.8 Å².